The molecule has 1 aromatic carbocycles. The first kappa shape index (κ1) is 17.8. The number of hydrogen-bond acceptors (Lipinski definition) is 3. The van der Waals surface area contributed by atoms with Gasteiger partial charge in [-0.2, -0.15) is 18.3 Å². The maximum atomic E-state index is 13.6. The fourth-order valence-electron chi connectivity index (χ4n) is 2.80. The highest BCUT2D eigenvalue weighted by molar-refractivity contribution is 6.30. The van der Waals surface area contributed by atoms with E-state index in [-0.39, 0.29) is 11.7 Å². The summed E-state index contributed by atoms with van der Waals surface area (Å²) in [6, 6.07) is 5.56. The second-order valence-corrected chi connectivity index (χ2v) is 6.25. The summed E-state index contributed by atoms with van der Waals surface area (Å²) in [5.41, 5.74) is -1.42. The number of carbonyl (C=O) groups excluding carboxylic acids is 1. The number of carbonyl (C=O) groups is 1. The molecule has 0 spiro atoms. The molecule has 1 atom stereocenters. The van der Waals surface area contributed by atoms with Crippen molar-refractivity contribution in [3.8, 4) is 5.69 Å². The van der Waals surface area contributed by atoms with Crippen molar-refractivity contribution in [1.82, 2.24) is 20.4 Å². The SMILES string of the molecule is O=C(N[C@H]1CCCNC1)c1cnn(-c2ccc(Cl)cc2)c1C(F)(F)F. The second-order valence-electron chi connectivity index (χ2n) is 5.81. The Hall–Kier alpha value is -2.06. The Morgan fingerprint density at radius 3 is 2.64 bits per heavy atom. The van der Waals surface area contributed by atoms with Crippen molar-refractivity contribution in [3.05, 3.63) is 46.7 Å². The Labute approximate surface area is 147 Å². The van der Waals surface area contributed by atoms with E-state index in [4.69, 9.17) is 11.6 Å². The van der Waals surface area contributed by atoms with Crippen LogP contribution in [0.15, 0.2) is 30.5 Å². The molecular formula is C16H16ClF3N4O. The lowest BCUT2D eigenvalue weighted by Crippen LogP contribution is -2.45. The molecule has 1 aromatic heterocycles. The molecule has 0 unspecified atom stereocenters. The summed E-state index contributed by atoms with van der Waals surface area (Å²) in [5, 5.41) is 9.92. The monoisotopic (exact) mass is 372 g/mol. The smallest absolute Gasteiger partial charge is 0.348 e. The molecule has 3 rings (SSSR count). The van der Waals surface area contributed by atoms with Crippen molar-refractivity contribution in [1.29, 1.82) is 0 Å². The lowest BCUT2D eigenvalue weighted by molar-refractivity contribution is -0.143. The van der Waals surface area contributed by atoms with Gasteiger partial charge in [-0.25, -0.2) is 4.68 Å². The first-order valence-electron chi connectivity index (χ1n) is 7.79. The highest BCUT2D eigenvalue weighted by Crippen LogP contribution is 2.34. The molecule has 1 amide bonds. The predicted octanol–water partition coefficient (Wildman–Crippen LogP) is 3.03. The van der Waals surface area contributed by atoms with Crippen molar-refractivity contribution < 1.29 is 18.0 Å². The summed E-state index contributed by atoms with van der Waals surface area (Å²) in [5.74, 6) is -0.777. The zero-order valence-corrected chi connectivity index (χ0v) is 13.9. The number of aromatic nitrogens is 2. The zero-order valence-electron chi connectivity index (χ0n) is 13.1. The first-order valence-corrected chi connectivity index (χ1v) is 8.17. The van der Waals surface area contributed by atoms with E-state index in [9.17, 15) is 18.0 Å². The molecule has 1 saturated heterocycles. The molecule has 0 aliphatic carbocycles. The van der Waals surface area contributed by atoms with E-state index >= 15 is 0 Å². The van der Waals surface area contributed by atoms with E-state index in [1.165, 1.54) is 24.3 Å². The fourth-order valence-corrected chi connectivity index (χ4v) is 2.93. The van der Waals surface area contributed by atoms with Gasteiger partial charge in [-0.05, 0) is 43.7 Å². The quantitative estimate of drug-likeness (QED) is 0.870. The van der Waals surface area contributed by atoms with Crippen LogP contribution in [0, 0.1) is 0 Å². The minimum atomic E-state index is -4.73. The van der Waals surface area contributed by atoms with E-state index in [0.717, 1.165) is 25.6 Å². The second kappa shape index (κ2) is 7.05. The number of rotatable bonds is 3. The molecule has 2 heterocycles. The number of nitrogens with one attached hydrogen (secondary N) is 2. The minimum Gasteiger partial charge on any atom is -0.348 e. The summed E-state index contributed by atoms with van der Waals surface area (Å²) in [6.07, 6.45) is -2.19. The van der Waals surface area contributed by atoms with Crippen LogP contribution in [-0.4, -0.2) is 34.8 Å². The van der Waals surface area contributed by atoms with Gasteiger partial charge in [0.2, 0.25) is 0 Å². The van der Waals surface area contributed by atoms with Crippen LogP contribution in [0.4, 0.5) is 13.2 Å². The number of amides is 1. The lowest BCUT2D eigenvalue weighted by Gasteiger charge is -2.24. The van der Waals surface area contributed by atoms with Crippen molar-refractivity contribution in [2.45, 2.75) is 25.1 Å². The molecule has 0 radical (unpaired) electrons. The Balaban J connectivity index is 1.94. The van der Waals surface area contributed by atoms with Crippen LogP contribution < -0.4 is 10.6 Å². The fraction of sp³-hybridized carbons (Fsp3) is 0.375. The van der Waals surface area contributed by atoms with Gasteiger partial charge in [0.25, 0.3) is 5.91 Å². The van der Waals surface area contributed by atoms with Gasteiger partial charge < -0.3 is 10.6 Å². The van der Waals surface area contributed by atoms with Crippen LogP contribution in [0.2, 0.25) is 5.02 Å². The summed E-state index contributed by atoms with van der Waals surface area (Å²) in [7, 11) is 0. The summed E-state index contributed by atoms with van der Waals surface area (Å²) >= 11 is 5.77. The molecule has 0 bridgehead atoms. The number of piperidine rings is 1. The van der Waals surface area contributed by atoms with Crippen molar-refractivity contribution in [2.24, 2.45) is 0 Å². The number of alkyl halides is 3. The molecule has 25 heavy (non-hydrogen) atoms. The van der Waals surface area contributed by atoms with Crippen molar-refractivity contribution in [2.75, 3.05) is 13.1 Å². The molecule has 1 fully saturated rings. The molecule has 1 aliphatic rings. The highest BCUT2D eigenvalue weighted by Gasteiger charge is 2.40. The van der Waals surface area contributed by atoms with Crippen molar-refractivity contribution >= 4 is 17.5 Å². The highest BCUT2D eigenvalue weighted by atomic mass is 35.5. The Morgan fingerprint density at radius 2 is 2.04 bits per heavy atom. The van der Waals surface area contributed by atoms with E-state index in [1.54, 1.807) is 0 Å². The van der Waals surface area contributed by atoms with Crippen LogP contribution in [0.1, 0.15) is 28.9 Å². The predicted molar refractivity (Wildman–Crippen MR) is 86.9 cm³/mol. The van der Waals surface area contributed by atoms with E-state index in [0.29, 0.717) is 16.2 Å². The summed E-state index contributed by atoms with van der Waals surface area (Å²) in [4.78, 5) is 12.4. The third-order valence-electron chi connectivity index (χ3n) is 3.99. The van der Waals surface area contributed by atoms with Gasteiger partial charge in [-0.1, -0.05) is 11.6 Å². The van der Waals surface area contributed by atoms with Gasteiger partial charge in [0.15, 0.2) is 5.69 Å². The molecule has 2 aromatic rings. The van der Waals surface area contributed by atoms with Gasteiger partial charge in [0.1, 0.15) is 0 Å². The third-order valence-corrected chi connectivity index (χ3v) is 4.24. The third kappa shape index (κ3) is 3.96. The molecule has 0 saturated carbocycles. The van der Waals surface area contributed by atoms with Gasteiger partial charge in [0, 0.05) is 17.6 Å². The summed E-state index contributed by atoms with van der Waals surface area (Å²) < 4.78 is 41.4. The topological polar surface area (TPSA) is 59.0 Å². The van der Waals surface area contributed by atoms with E-state index in [2.05, 4.69) is 15.7 Å². The van der Waals surface area contributed by atoms with Crippen LogP contribution >= 0.6 is 11.6 Å². The average Bonchev–Trinajstić information content (AvgIpc) is 3.02. The normalized spacial score (nSPS) is 18.2. The Kier molecular flexibility index (Phi) is 5.01. The van der Waals surface area contributed by atoms with E-state index < -0.39 is 23.3 Å². The number of hydrogen-bond donors (Lipinski definition) is 2. The molecule has 9 heteroatoms. The maximum Gasteiger partial charge on any atom is 0.434 e. The first-order chi connectivity index (χ1) is 11.9. The minimum absolute atomic E-state index is 0.176. The molecule has 134 valence electrons. The molecular weight excluding hydrogens is 357 g/mol. The lowest BCUT2D eigenvalue weighted by atomic mass is 10.1. The van der Waals surface area contributed by atoms with E-state index in [1.807, 2.05) is 0 Å². The van der Waals surface area contributed by atoms with Crippen LogP contribution in [0.5, 0.6) is 0 Å². The Bertz CT molecular complexity index is 752. The Morgan fingerprint density at radius 1 is 1.32 bits per heavy atom. The number of benzene rings is 1. The number of halogens is 4. The standard InChI is InChI=1S/C16H16ClF3N4O/c17-10-3-5-12(6-4-10)24-14(16(18,19)20)13(9-22-24)15(25)23-11-2-1-7-21-8-11/h3-6,9,11,21H,1-2,7-8H2,(H,23,25)/t11-/m0/s1. The molecule has 5 nitrogen and oxygen atoms in total. The molecule has 2 N–H and O–H groups in total. The van der Waals surface area contributed by atoms with Gasteiger partial charge >= 0.3 is 6.18 Å². The van der Waals surface area contributed by atoms with Crippen LogP contribution in [0.25, 0.3) is 5.69 Å². The van der Waals surface area contributed by atoms with Crippen LogP contribution in [-0.2, 0) is 6.18 Å². The zero-order chi connectivity index (χ0) is 18.0. The average molecular weight is 373 g/mol. The van der Waals surface area contributed by atoms with Gasteiger partial charge in [-0.3, -0.25) is 4.79 Å². The van der Waals surface area contributed by atoms with Gasteiger partial charge in [-0.15, -0.1) is 0 Å². The summed E-state index contributed by atoms with van der Waals surface area (Å²) in [6.45, 7) is 1.38. The maximum absolute atomic E-state index is 13.6. The van der Waals surface area contributed by atoms with Crippen LogP contribution in [0.3, 0.4) is 0 Å². The van der Waals surface area contributed by atoms with Gasteiger partial charge in [0.05, 0.1) is 17.4 Å². The number of nitrogens with zero attached hydrogens (tertiary/aromatic N) is 2. The largest absolute Gasteiger partial charge is 0.434 e. The molecule has 1 aliphatic heterocycles. The van der Waals surface area contributed by atoms with Crippen molar-refractivity contribution in [3.63, 3.8) is 0 Å².